The quantitative estimate of drug-likeness (QED) is 0.448. The van der Waals surface area contributed by atoms with Crippen LogP contribution < -0.4 is 0 Å². The molecule has 1 rings (SSSR count). The summed E-state index contributed by atoms with van der Waals surface area (Å²) in [5, 5.41) is 0. The van der Waals surface area contributed by atoms with E-state index in [9.17, 15) is 0 Å². The van der Waals surface area contributed by atoms with E-state index in [1.165, 1.54) is 5.57 Å². The first-order valence-corrected chi connectivity index (χ1v) is 2.13. The zero-order chi connectivity index (χ0) is 4.41. The van der Waals surface area contributed by atoms with Crippen LogP contribution in [0.2, 0.25) is 0 Å². The monoisotopic (exact) mass is 235 g/mol. The Morgan fingerprint density at radius 1 is 1.30 bits per heavy atom. The van der Waals surface area contributed by atoms with Gasteiger partial charge >= 0.3 is 0 Å². The molecule has 1 aliphatic rings. The van der Waals surface area contributed by atoms with Crippen molar-refractivity contribution >= 4 is 37.2 Å². The zero-order valence-corrected chi connectivity index (χ0v) is 9.60. The summed E-state index contributed by atoms with van der Waals surface area (Å²) >= 11 is 0. The van der Waals surface area contributed by atoms with Gasteiger partial charge in [-0.3, -0.25) is 6.08 Å². The molecule has 0 radical (unpaired) electrons. The van der Waals surface area contributed by atoms with Gasteiger partial charge in [0.2, 0.25) is 0 Å². The van der Waals surface area contributed by atoms with Crippen LogP contribution in [0.15, 0.2) is 17.7 Å². The fraction of sp³-hybridized carbons (Fsp3) is 0.333. The molecule has 10 heavy (non-hydrogen) atoms. The Balaban J connectivity index is -0.0000000450. The topological polar surface area (TPSA) is 0 Å². The third-order valence-electron chi connectivity index (χ3n) is 0.867. The second kappa shape index (κ2) is 12.7. The first kappa shape index (κ1) is 22.5. The predicted octanol–water partition coefficient (Wildman–Crippen LogP) is 2.96. The average molecular weight is 236 g/mol. The average Bonchev–Trinajstić information content (AvgIpc) is 1.86. The number of halogens is 3. The Kier molecular flexibility index (Phi) is 28.6. The standard InChI is InChI=1S/C6H7.3ClH.Ti/c1-6-4-2-3-5-6;;;;/h2,4H,3H2,1H3;3*1H;/q-1;;;;. The van der Waals surface area contributed by atoms with E-state index in [1.54, 1.807) is 0 Å². The van der Waals surface area contributed by atoms with Gasteiger partial charge in [0.15, 0.2) is 0 Å². The van der Waals surface area contributed by atoms with Gasteiger partial charge in [-0.05, 0) is 0 Å². The molecule has 0 aromatic carbocycles. The van der Waals surface area contributed by atoms with Crippen molar-refractivity contribution in [2.75, 3.05) is 0 Å². The minimum absolute atomic E-state index is 0. The Morgan fingerprint density at radius 2 is 1.80 bits per heavy atom. The normalized spacial score (nSPS) is 11.1. The van der Waals surface area contributed by atoms with Crippen molar-refractivity contribution in [1.29, 1.82) is 0 Å². The fourth-order valence-corrected chi connectivity index (χ4v) is 0.515. The van der Waals surface area contributed by atoms with Gasteiger partial charge in [0.05, 0.1) is 0 Å². The van der Waals surface area contributed by atoms with E-state index in [4.69, 9.17) is 0 Å². The molecular formula is C6H10Cl3Ti-. The van der Waals surface area contributed by atoms with Crippen molar-refractivity contribution in [3.05, 3.63) is 23.8 Å². The minimum atomic E-state index is 0. The van der Waals surface area contributed by atoms with Gasteiger partial charge in [-0.2, -0.15) is 6.08 Å². The summed E-state index contributed by atoms with van der Waals surface area (Å²) in [6.07, 6.45) is 8.33. The van der Waals surface area contributed by atoms with Crippen LogP contribution in [0.1, 0.15) is 13.3 Å². The van der Waals surface area contributed by atoms with Gasteiger partial charge in [0, 0.05) is 21.7 Å². The zero-order valence-electron chi connectivity index (χ0n) is 5.59. The van der Waals surface area contributed by atoms with Crippen molar-refractivity contribution in [3.63, 3.8) is 0 Å². The van der Waals surface area contributed by atoms with Crippen molar-refractivity contribution in [2.24, 2.45) is 0 Å². The number of hydrogen-bond donors (Lipinski definition) is 0. The molecule has 4 heteroatoms. The molecule has 0 aromatic heterocycles. The Labute approximate surface area is 95.6 Å². The number of allylic oxidation sites excluding steroid dienone is 4. The summed E-state index contributed by atoms with van der Waals surface area (Å²) in [6, 6.07) is 0. The van der Waals surface area contributed by atoms with E-state index >= 15 is 0 Å². The second-order valence-corrected chi connectivity index (χ2v) is 1.47. The fourth-order valence-electron chi connectivity index (χ4n) is 0.515. The van der Waals surface area contributed by atoms with Crippen LogP contribution in [0.4, 0.5) is 0 Å². The van der Waals surface area contributed by atoms with Crippen molar-refractivity contribution in [3.8, 4) is 0 Å². The summed E-state index contributed by atoms with van der Waals surface area (Å²) in [5.74, 6) is 0. The summed E-state index contributed by atoms with van der Waals surface area (Å²) in [4.78, 5) is 0. The second-order valence-electron chi connectivity index (χ2n) is 1.47. The molecule has 0 aromatic rings. The summed E-state index contributed by atoms with van der Waals surface area (Å²) in [7, 11) is 0. The molecule has 0 nitrogen and oxygen atoms in total. The Morgan fingerprint density at radius 3 is 1.90 bits per heavy atom. The molecule has 0 fully saturated rings. The van der Waals surface area contributed by atoms with E-state index in [1.807, 2.05) is 0 Å². The van der Waals surface area contributed by atoms with Crippen LogP contribution in [0.5, 0.6) is 0 Å². The summed E-state index contributed by atoms with van der Waals surface area (Å²) in [5.41, 5.74) is 1.27. The van der Waals surface area contributed by atoms with E-state index in [0.29, 0.717) is 0 Å². The summed E-state index contributed by atoms with van der Waals surface area (Å²) in [6.45, 7) is 2.06. The smallest absolute Gasteiger partial charge is 0 e. The van der Waals surface area contributed by atoms with Gasteiger partial charge in [0.1, 0.15) is 0 Å². The molecule has 0 bridgehead atoms. The van der Waals surface area contributed by atoms with Gasteiger partial charge < -0.3 is 0 Å². The van der Waals surface area contributed by atoms with Crippen molar-refractivity contribution in [2.45, 2.75) is 13.3 Å². The molecule has 0 N–H and O–H groups in total. The third-order valence-corrected chi connectivity index (χ3v) is 0.867. The van der Waals surface area contributed by atoms with Gasteiger partial charge in [-0.15, -0.1) is 43.6 Å². The molecule has 60 valence electrons. The van der Waals surface area contributed by atoms with E-state index < -0.39 is 0 Å². The van der Waals surface area contributed by atoms with Crippen molar-refractivity contribution in [1.82, 2.24) is 0 Å². The van der Waals surface area contributed by atoms with E-state index in [0.717, 1.165) is 6.42 Å². The maximum atomic E-state index is 3.12. The molecule has 0 aliphatic heterocycles. The maximum absolute atomic E-state index is 3.12. The third kappa shape index (κ3) is 9.06. The Bertz CT molecular complexity index is 107. The van der Waals surface area contributed by atoms with Crippen LogP contribution in [0, 0.1) is 6.08 Å². The maximum Gasteiger partial charge on any atom is 0 e. The van der Waals surface area contributed by atoms with Crippen LogP contribution in [-0.4, -0.2) is 0 Å². The molecule has 0 amide bonds. The van der Waals surface area contributed by atoms with Gasteiger partial charge in [-0.25, -0.2) is 11.6 Å². The van der Waals surface area contributed by atoms with Gasteiger partial charge in [-0.1, -0.05) is 6.92 Å². The van der Waals surface area contributed by atoms with Crippen LogP contribution >= 0.6 is 37.2 Å². The molecule has 0 saturated carbocycles. The van der Waals surface area contributed by atoms with Crippen LogP contribution in [0.25, 0.3) is 0 Å². The Hall–Kier alpha value is 1.06. The number of rotatable bonds is 0. The minimum Gasteiger partial charge on any atom is -0.270 e. The summed E-state index contributed by atoms with van der Waals surface area (Å²) < 4.78 is 0. The van der Waals surface area contributed by atoms with E-state index in [-0.39, 0.29) is 58.9 Å². The molecule has 0 saturated heterocycles. The van der Waals surface area contributed by atoms with E-state index in [2.05, 4.69) is 25.2 Å². The number of hydrogen-bond acceptors (Lipinski definition) is 0. The molecule has 0 spiro atoms. The molecule has 0 unspecified atom stereocenters. The first-order chi connectivity index (χ1) is 2.89. The van der Waals surface area contributed by atoms with Crippen LogP contribution in [0.3, 0.4) is 0 Å². The van der Waals surface area contributed by atoms with Gasteiger partial charge in [0.25, 0.3) is 0 Å². The molecule has 0 heterocycles. The SMILES string of the molecule is CC1=[C-]CC=C1.Cl.Cl.Cl.[Ti]. The first-order valence-electron chi connectivity index (χ1n) is 2.13. The van der Waals surface area contributed by atoms with Crippen LogP contribution in [-0.2, 0) is 21.7 Å². The predicted molar refractivity (Wildman–Crippen MR) is 47.9 cm³/mol. The molecule has 0 atom stereocenters. The largest absolute Gasteiger partial charge is 0.270 e. The molecular weight excluding hydrogens is 226 g/mol. The van der Waals surface area contributed by atoms with Crippen molar-refractivity contribution < 1.29 is 21.7 Å². The molecule has 1 aliphatic carbocycles.